The van der Waals surface area contributed by atoms with Crippen LogP contribution in [-0.4, -0.2) is 46.6 Å². The number of pyridine rings is 1. The Morgan fingerprint density at radius 3 is 3.08 bits per heavy atom. The zero-order chi connectivity index (χ0) is 16.4. The molecule has 126 valence electrons. The van der Waals surface area contributed by atoms with E-state index in [-0.39, 0.29) is 11.7 Å². The summed E-state index contributed by atoms with van der Waals surface area (Å²) < 4.78 is 12.2. The summed E-state index contributed by atoms with van der Waals surface area (Å²) >= 11 is 0. The Kier molecular flexibility index (Phi) is 4.16. The van der Waals surface area contributed by atoms with E-state index >= 15 is 0 Å². The molecule has 4 rings (SSSR count). The molecule has 2 atom stereocenters. The fraction of sp³-hybridized carbons (Fsp3) is 0.500. The Morgan fingerprint density at radius 1 is 1.33 bits per heavy atom. The van der Waals surface area contributed by atoms with E-state index in [1.807, 2.05) is 37.4 Å². The van der Waals surface area contributed by atoms with Crippen LogP contribution in [0.3, 0.4) is 0 Å². The molecule has 0 radical (unpaired) electrons. The Bertz CT molecular complexity index is 679. The maximum Gasteiger partial charge on any atom is 0.151 e. The second-order valence-corrected chi connectivity index (χ2v) is 6.70. The molecule has 6 heteroatoms. The summed E-state index contributed by atoms with van der Waals surface area (Å²) in [5, 5.41) is 8.45. The molecule has 0 saturated carbocycles. The molecule has 4 heterocycles. The van der Waals surface area contributed by atoms with Gasteiger partial charge in [0.15, 0.2) is 5.82 Å². The Labute approximate surface area is 141 Å². The predicted molar refractivity (Wildman–Crippen MR) is 89.7 cm³/mol. The largest absolute Gasteiger partial charge is 0.371 e. The highest BCUT2D eigenvalue weighted by atomic mass is 16.6. The molecule has 0 N–H and O–H groups in total. The van der Waals surface area contributed by atoms with E-state index < -0.39 is 0 Å². The highest BCUT2D eigenvalue weighted by molar-refractivity contribution is 5.40. The van der Waals surface area contributed by atoms with Crippen LogP contribution in [0, 0.1) is 6.92 Å². The summed E-state index contributed by atoms with van der Waals surface area (Å²) in [6.07, 6.45) is 5.71. The van der Waals surface area contributed by atoms with Crippen molar-refractivity contribution in [3.63, 3.8) is 0 Å². The van der Waals surface area contributed by atoms with Crippen molar-refractivity contribution in [2.45, 2.75) is 38.1 Å². The van der Waals surface area contributed by atoms with Crippen LogP contribution in [0.5, 0.6) is 0 Å². The van der Waals surface area contributed by atoms with Crippen molar-refractivity contribution in [1.29, 1.82) is 0 Å². The number of hydrogen-bond acceptors (Lipinski definition) is 6. The second-order valence-electron chi connectivity index (χ2n) is 6.70. The number of anilines is 1. The van der Waals surface area contributed by atoms with Gasteiger partial charge in [0.2, 0.25) is 0 Å². The van der Waals surface area contributed by atoms with Crippen molar-refractivity contribution >= 4 is 5.82 Å². The van der Waals surface area contributed by atoms with Gasteiger partial charge in [0.1, 0.15) is 0 Å². The lowest BCUT2D eigenvalue weighted by molar-refractivity contribution is 0.00578. The van der Waals surface area contributed by atoms with Gasteiger partial charge in [-0.25, -0.2) is 0 Å². The number of rotatable bonds is 4. The number of hydrogen-bond donors (Lipinski definition) is 0. The monoisotopic (exact) mass is 326 g/mol. The molecule has 24 heavy (non-hydrogen) atoms. The van der Waals surface area contributed by atoms with E-state index in [0.29, 0.717) is 13.2 Å². The van der Waals surface area contributed by atoms with E-state index in [4.69, 9.17) is 9.47 Å². The fourth-order valence-electron chi connectivity index (χ4n) is 3.49. The molecule has 2 fully saturated rings. The minimum atomic E-state index is -0.105. The van der Waals surface area contributed by atoms with E-state index in [2.05, 4.69) is 20.1 Å². The predicted octanol–water partition coefficient (Wildman–Crippen LogP) is 2.13. The summed E-state index contributed by atoms with van der Waals surface area (Å²) in [6.45, 7) is 5.01. The molecule has 6 nitrogen and oxygen atoms in total. The first-order valence-electron chi connectivity index (χ1n) is 8.42. The summed E-state index contributed by atoms with van der Waals surface area (Å²) in [4.78, 5) is 6.38. The Balaban J connectivity index is 1.33. The first-order valence-corrected chi connectivity index (χ1v) is 8.42. The minimum absolute atomic E-state index is 0.105. The summed E-state index contributed by atoms with van der Waals surface area (Å²) in [5.41, 5.74) is 1.93. The number of ether oxygens (including phenoxy) is 2. The van der Waals surface area contributed by atoms with Crippen LogP contribution in [0.15, 0.2) is 36.7 Å². The molecule has 1 spiro atoms. The molecule has 0 bridgehead atoms. The van der Waals surface area contributed by atoms with Gasteiger partial charge in [-0.2, -0.15) is 5.10 Å². The van der Waals surface area contributed by atoms with Gasteiger partial charge in [-0.3, -0.25) is 4.98 Å². The van der Waals surface area contributed by atoms with Crippen molar-refractivity contribution in [2.24, 2.45) is 0 Å². The highest BCUT2D eigenvalue weighted by Gasteiger charge is 2.46. The second kappa shape index (κ2) is 6.45. The first kappa shape index (κ1) is 15.5. The van der Waals surface area contributed by atoms with Gasteiger partial charge < -0.3 is 14.4 Å². The zero-order valence-electron chi connectivity index (χ0n) is 13.9. The normalized spacial score (nSPS) is 26.4. The van der Waals surface area contributed by atoms with Crippen molar-refractivity contribution < 1.29 is 9.47 Å². The molecule has 2 aliphatic rings. The van der Waals surface area contributed by atoms with Crippen LogP contribution < -0.4 is 4.90 Å². The summed E-state index contributed by atoms with van der Waals surface area (Å²) in [6, 6.07) is 8.00. The molecular formula is C18H22N4O2. The smallest absolute Gasteiger partial charge is 0.151 e. The van der Waals surface area contributed by atoms with Crippen molar-refractivity contribution in [3.8, 4) is 0 Å². The molecule has 2 saturated heterocycles. The van der Waals surface area contributed by atoms with Gasteiger partial charge in [0, 0.05) is 31.9 Å². The maximum absolute atomic E-state index is 6.15. The molecule has 2 aromatic heterocycles. The van der Waals surface area contributed by atoms with Crippen LogP contribution in [0.4, 0.5) is 5.82 Å². The van der Waals surface area contributed by atoms with E-state index in [9.17, 15) is 0 Å². The average Bonchev–Trinajstić information content (AvgIpc) is 3.22. The van der Waals surface area contributed by atoms with Gasteiger partial charge >= 0.3 is 0 Å². The molecule has 2 aliphatic heterocycles. The molecule has 0 aliphatic carbocycles. The molecule has 2 unspecified atom stereocenters. The van der Waals surface area contributed by atoms with Gasteiger partial charge in [-0.15, -0.1) is 5.10 Å². The average molecular weight is 326 g/mol. The number of aromatic nitrogens is 3. The van der Waals surface area contributed by atoms with E-state index in [1.165, 1.54) is 0 Å². The van der Waals surface area contributed by atoms with Gasteiger partial charge in [-0.05, 0) is 37.1 Å². The lowest BCUT2D eigenvalue weighted by atomic mass is 9.98. The third kappa shape index (κ3) is 3.25. The van der Waals surface area contributed by atoms with Crippen LogP contribution >= 0.6 is 0 Å². The van der Waals surface area contributed by atoms with Crippen molar-refractivity contribution in [1.82, 2.24) is 15.2 Å². The quantitative estimate of drug-likeness (QED) is 0.858. The van der Waals surface area contributed by atoms with Gasteiger partial charge in [-0.1, -0.05) is 6.07 Å². The minimum Gasteiger partial charge on any atom is -0.371 e. The van der Waals surface area contributed by atoms with Crippen molar-refractivity contribution in [2.75, 3.05) is 24.6 Å². The van der Waals surface area contributed by atoms with E-state index in [1.54, 1.807) is 6.20 Å². The Hall–Kier alpha value is -2.05. The first-order chi connectivity index (χ1) is 11.7. The van der Waals surface area contributed by atoms with Gasteiger partial charge in [0.25, 0.3) is 0 Å². The lowest BCUT2D eigenvalue weighted by Gasteiger charge is -2.23. The van der Waals surface area contributed by atoms with Gasteiger partial charge in [0.05, 0.1) is 30.6 Å². The van der Waals surface area contributed by atoms with Crippen LogP contribution in [0.1, 0.15) is 24.1 Å². The highest BCUT2D eigenvalue weighted by Crippen LogP contribution is 2.37. The lowest BCUT2D eigenvalue weighted by Crippen LogP contribution is -2.33. The Morgan fingerprint density at radius 2 is 2.29 bits per heavy atom. The van der Waals surface area contributed by atoms with Crippen LogP contribution in [0.2, 0.25) is 0 Å². The molecule has 2 aromatic rings. The zero-order valence-corrected chi connectivity index (χ0v) is 13.9. The molecule has 0 amide bonds. The molecular weight excluding hydrogens is 304 g/mol. The van der Waals surface area contributed by atoms with Crippen molar-refractivity contribution in [3.05, 3.63) is 47.9 Å². The number of nitrogens with zero attached hydrogens (tertiary/aromatic N) is 4. The SMILES string of the molecule is Cc1ccc(N2CCC3(CC(OCc4cccnc4)CO3)C2)nn1. The van der Waals surface area contributed by atoms with Crippen LogP contribution in [-0.2, 0) is 16.1 Å². The maximum atomic E-state index is 6.15. The third-order valence-corrected chi connectivity index (χ3v) is 4.81. The summed E-state index contributed by atoms with van der Waals surface area (Å²) in [5.74, 6) is 0.931. The third-order valence-electron chi connectivity index (χ3n) is 4.81. The number of aryl methyl sites for hydroxylation is 1. The summed E-state index contributed by atoms with van der Waals surface area (Å²) in [7, 11) is 0. The van der Waals surface area contributed by atoms with E-state index in [0.717, 1.165) is 43.0 Å². The topological polar surface area (TPSA) is 60.4 Å². The molecule has 0 aromatic carbocycles. The van der Waals surface area contributed by atoms with Crippen LogP contribution in [0.25, 0.3) is 0 Å². The fourth-order valence-corrected chi connectivity index (χ4v) is 3.49. The standard InChI is InChI=1S/C18H22N4O2/c1-14-4-5-17(21-20-14)22-8-6-18(13-22)9-16(12-24-18)23-11-15-3-2-7-19-10-15/h2-5,7,10,16H,6,8-9,11-13H2,1H3.